The molecule has 0 heterocycles. The highest BCUT2D eigenvalue weighted by Crippen LogP contribution is 2.30. The summed E-state index contributed by atoms with van der Waals surface area (Å²) in [5.74, 6) is -26.0. The van der Waals surface area contributed by atoms with Gasteiger partial charge in [0.1, 0.15) is 31.8 Å². The number of hydrogen-bond donors (Lipinski definition) is 0. The van der Waals surface area contributed by atoms with Crippen LogP contribution < -0.4 is 4.74 Å². The van der Waals surface area contributed by atoms with Crippen molar-refractivity contribution in [3.63, 3.8) is 0 Å². The molecule has 0 aliphatic heterocycles. The van der Waals surface area contributed by atoms with Crippen LogP contribution in [-0.4, -0.2) is 72.2 Å². The van der Waals surface area contributed by atoms with Gasteiger partial charge in [-0.1, -0.05) is 20.3 Å². The van der Waals surface area contributed by atoms with Crippen LogP contribution in [0.3, 0.4) is 0 Å². The smallest absolute Gasteiger partial charge is 0.330 e. The molecule has 0 fully saturated rings. The van der Waals surface area contributed by atoms with E-state index in [9.17, 15) is 65.1 Å². The molecule has 0 aromatic heterocycles. The second-order valence-corrected chi connectivity index (χ2v) is 9.49. The van der Waals surface area contributed by atoms with Crippen molar-refractivity contribution in [3.8, 4) is 5.75 Å². The van der Waals surface area contributed by atoms with E-state index in [-0.39, 0.29) is 0 Å². The Hall–Kier alpha value is -5.16. The summed E-state index contributed by atoms with van der Waals surface area (Å²) in [5.41, 5.74) is 0. The van der Waals surface area contributed by atoms with Gasteiger partial charge in [-0.15, -0.1) is 0 Å². The Kier molecular flexibility index (Phi) is 13.7. The van der Waals surface area contributed by atoms with E-state index in [0.717, 1.165) is 36.5 Å². The molecule has 0 bridgehead atoms. The highest BCUT2D eigenvalue weighted by Gasteiger charge is 2.39. The first kappa shape index (κ1) is 38.0. The Balaban J connectivity index is 0.000000303. The number of hydrogen-bond acceptors (Lipinski definition) is 12. The third-order valence-corrected chi connectivity index (χ3v) is 5.85. The minimum atomic E-state index is -2.43. The summed E-state index contributed by atoms with van der Waals surface area (Å²) in [6.45, 7) is 2.74. The Morgan fingerprint density at radius 1 is 0.532 bits per heavy atom. The molecule has 0 radical (unpaired) electrons. The zero-order chi connectivity index (χ0) is 35.6. The van der Waals surface area contributed by atoms with E-state index in [1.807, 2.05) is 0 Å². The number of halogens is 5. The molecular weight excluding hydrogens is 647 g/mol. The van der Waals surface area contributed by atoms with Gasteiger partial charge >= 0.3 is 5.97 Å². The average molecular weight is 670 g/mol. The number of esters is 1. The molecule has 0 amide bonds. The number of carbonyl (C=O) groups is 9. The first-order valence-corrected chi connectivity index (χ1v) is 13.3. The van der Waals surface area contributed by atoms with Crippen molar-refractivity contribution in [2.45, 2.75) is 20.3 Å². The lowest BCUT2D eigenvalue weighted by Crippen LogP contribution is -2.31. The molecule has 0 saturated heterocycles. The molecular formula is C30H23F5O12. The first-order valence-electron chi connectivity index (χ1n) is 13.3. The second-order valence-electron chi connectivity index (χ2n) is 9.49. The van der Waals surface area contributed by atoms with Gasteiger partial charge in [0.25, 0.3) is 0 Å². The number of allylic oxidation sites excluding steroid dienone is 6. The van der Waals surface area contributed by atoms with E-state index in [2.05, 4.69) is 18.6 Å². The van der Waals surface area contributed by atoms with Crippen LogP contribution in [0.2, 0.25) is 0 Å². The lowest BCUT2D eigenvalue weighted by molar-refractivity contribution is -0.147. The van der Waals surface area contributed by atoms with Crippen molar-refractivity contribution in [2.24, 2.45) is 17.8 Å². The molecule has 1 aromatic rings. The van der Waals surface area contributed by atoms with Gasteiger partial charge in [0.05, 0.1) is 0 Å². The van der Waals surface area contributed by atoms with Crippen LogP contribution in [0.4, 0.5) is 22.0 Å². The quantitative estimate of drug-likeness (QED) is 0.0515. The van der Waals surface area contributed by atoms with E-state index in [0.29, 0.717) is 0 Å². The van der Waals surface area contributed by atoms with Gasteiger partial charge in [0, 0.05) is 0 Å². The lowest BCUT2D eigenvalue weighted by Gasteiger charge is -2.10. The summed E-state index contributed by atoms with van der Waals surface area (Å²) in [6.07, 6.45) is 6.83. The van der Waals surface area contributed by atoms with Crippen molar-refractivity contribution in [1.29, 1.82) is 0 Å². The highest BCUT2D eigenvalue weighted by atomic mass is 19.2. The molecule has 17 heteroatoms. The van der Waals surface area contributed by atoms with E-state index in [4.69, 9.17) is 9.47 Å². The largest absolute Gasteiger partial charge is 0.419 e. The van der Waals surface area contributed by atoms with Crippen LogP contribution in [0.25, 0.3) is 0 Å². The first-order chi connectivity index (χ1) is 22.1. The number of carbonyl (C=O) groups excluding carboxylic acids is 9. The number of Topliss-reactive ketones (excluding diaryl/α,β-unsaturated/α-hetero) is 2. The van der Waals surface area contributed by atoms with Crippen LogP contribution in [0.1, 0.15) is 20.3 Å². The molecule has 0 unspecified atom stereocenters. The lowest BCUT2D eigenvalue weighted by atomic mass is 10.0. The fourth-order valence-electron chi connectivity index (χ4n) is 3.70. The predicted molar refractivity (Wildman–Crippen MR) is 143 cm³/mol. The zero-order valence-electron chi connectivity index (χ0n) is 24.3. The number of rotatable bonds is 10. The molecule has 3 aliphatic rings. The summed E-state index contributed by atoms with van der Waals surface area (Å²) in [7, 11) is 0. The van der Waals surface area contributed by atoms with Crippen molar-refractivity contribution in [1.82, 2.24) is 0 Å². The van der Waals surface area contributed by atoms with Gasteiger partial charge < -0.3 is 14.2 Å². The Morgan fingerprint density at radius 3 is 1.13 bits per heavy atom. The number of ether oxygens (including phenoxy) is 3. The maximum atomic E-state index is 13.3. The van der Waals surface area contributed by atoms with Crippen molar-refractivity contribution in [2.75, 3.05) is 20.0 Å². The standard InChI is InChI=1S/C15H12O8.C12H3F5O4.C3H8/c16-8-1-2-9(17)14(8)12(20)5-22-7-23-6-13(21)15-10(18)3-4-11(15)19;13-6-7(14)9(16)11(10(17)8(6)15)21-12(20)5-3(18)1-2-4(5)19;1-3-2/h1-4,14-15H,5-7H2;1-2,5H;3H2,1-2H3. The topological polar surface area (TPSA) is 181 Å². The van der Waals surface area contributed by atoms with Gasteiger partial charge in [0.2, 0.25) is 34.8 Å². The van der Waals surface area contributed by atoms with Gasteiger partial charge in [0.15, 0.2) is 52.2 Å². The fourth-order valence-corrected chi connectivity index (χ4v) is 3.70. The van der Waals surface area contributed by atoms with Gasteiger partial charge in [-0.05, 0) is 36.5 Å². The minimum absolute atomic E-state index is 0.456. The SMILES string of the molecule is CCC.O=C1C=CC(=O)C1C(=O)COCOCC(=O)C1C(=O)C=CC1=O.O=C1C=CC(=O)C1C(=O)Oc1c(F)c(F)c(F)c(F)c1F. The Bertz CT molecular complexity index is 1490. The molecule has 0 N–H and O–H groups in total. The van der Waals surface area contributed by atoms with Gasteiger partial charge in [-0.3, -0.25) is 43.2 Å². The fraction of sp³-hybridized carbons (Fsp3) is 0.300. The second kappa shape index (κ2) is 17.0. The molecule has 12 nitrogen and oxygen atoms in total. The molecule has 250 valence electrons. The molecule has 1 aromatic carbocycles. The molecule has 3 aliphatic carbocycles. The predicted octanol–water partition coefficient (Wildman–Crippen LogP) is 1.79. The zero-order valence-corrected chi connectivity index (χ0v) is 24.3. The van der Waals surface area contributed by atoms with E-state index in [1.165, 1.54) is 6.42 Å². The van der Waals surface area contributed by atoms with Crippen molar-refractivity contribution < 1.29 is 79.3 Å². The monoisotopic (exact) mass is 670 g/mol. The van der Waals surface area contributed by atoms with Gasteiger partial charge in [-0.25, -0.2) is 13.2 Å². The Morgan fingerprint density at radius 2 is 0.809 bits per heavy atom. The van der Waals surface area contributed by atoms with Crippen molar-refractivity contribution >= 4 is 52.2 Å². The summed E-state index contributed by atoms with van der Waals surface area (Å²) >= 11 is 0. The summed E-state index contributed by atoms with van der Waals surface area (Å²) in [6, 6.07) is 0. The normalized spacial score (nSPS) is 16.1. The van der Waals surface area contributed by atoms with Gasteiger partial charge in [-0.2, -0.15) is 8.78 Å². The average Bonchev–Trinajstić information content (AvgIpc) is 3.67. The summed E-state index contributed by atoms with van der Waals surface area (Å²) < 4.78 is 78.7. The number of ketones is 8. The maximum Gasteiger partial charge on any atom is 0.330 e. The summed E-state index contributed by atoms with van der Waals surface area (Å²) in [5, 5.41) is 0. The molecule has 0 saturated carbocycles. The van der Waals surface area contributed by atoms with Crippen molar-refractivity contribution in [3.05, 3.63) is 65.5 Å². The van der Waals surface area contributed by atoms with Crippen LogP contribution in [-0.2, 0) is 52.6 Å². The molecule has 0 spiro atoms. The van der Waals surface area contributed by atoms with Crippen LogP contribution in [0.5, 0.6) is 5.75 Å². The van der Waals surface area contributed by atoms with Crippen LogP contribution >= 0.6 is 0 Å². The van der Waals surface area contributed by atoms with Crippen LogP contribution in [0.15, 0.2) is 36.5 Å². The Labute approximate surface area is 261 Å². The van der Waals surface area contributed by atoms with E-state index < -0.39 is 125 Å². The maximum absolute atomic E-state index is 13.3. The summed E-state index contributed by atoms with van der Waals surface area (Å²) in [4.78, 5) is 102. The third-order valence-electron chi connectivity index (χ3n) is 5.85. The molecule has 47 heavy (non-hydrogen) atoms. The third kappa shape index (κ3) is 9.20. The molecule has 0 atom stereocenters. The van der Waals surface area contributed by atoms with E-state index in [1.54, 1.807) is 0 Å². The minimum Gasteiger partial charge on any atom is -0.419 e. The van der Waals surface area contributed by atoms with Crippen LogP contribution in [0, 0.1) is 46.8 Å². The highest BCUT2D eigenvalue weighted by molar-refractivity contribution is 6.31. The van der Waals surface area contributed by atoms with E-state index >= 15 is 0 Å². The number of benzene rings is 1. The molecule has 4 rings (SSSR count).